The number of hydrogen-bond donors (Lipinski definition) is 0. The number of allylic oxidation sites excluding steroid dienone is 1. The van der Waals surface area contributed by atoms with E-state index in [2.05, 4.69) is 140 Å². The number of benzene rings is 6. The third-order valence-corrected chi connectivity index (χ3v) is 15.4. The van der Waals surface area contributed by atoms with Crippen LogP contribution in [-0.4, -0.2) is 9.97 Å². The van der Waals surface area contributed by atoms with E-state index in [4.69, 9.17) is 14.4 Å². The molecule has 2 fully saturated rings. The van der Waals surface area contributed by atoms with Gasteiger partial charge in [0.25, 0.3) is 0 Å². The first kappa shape index (κ1) is 35.4. The second-order valence-electron chi connectivity index (χ2n) is 18.5. The zero-order valence-corrected chi connectivity index (χ0v) is 34.6. The van der Waals surface area contributed by atoms with Crippen LogP contribution in [0.5, 0.6) is 0 Å². The summed E-state index contributed by atoms with van der Waals surface area (Å²) in [6, 6.07) is 50.3. The maximum absolute atomic E-state index is 6.36. The van der Waals surface area contributed by atoms with E-state index in [1.54, 1.807) is 22.3 Å². The summed E-state index contributed by atoms with van der Waals surface area (Å²) in [6.45, 7) is 0. The van der Waals surface area contributed by atoms with Crippen LogP contribution in [0.2, 0.25) is 0 Å². The van der Waals surface area contributed by atoms with Gasteiger partial charge in [0, 0.05) is 38.5 Å². The molecule has 0 unspecified atom stereocenters. The fourth-order valence-corrected chi connectivity index (χ4v) is 12.5. The van der Waals surface area contributed by atoms with Gasteiger partial charge in [-0.3, -0.25) is 0 Å². The molecule has 2 spiro atoms. The summed E-state index contributed by atoms with van der Waals surface area (Å²) in [5.74, 6) is 1.70. The number of nitrogens with zero attached hydrogens (tertiary/aromatic N) is 2. The molecule has 0 bridgehead atoms. The van der Waals surface area contributed by atoms with E-state index in [-0.39, 0.29) is 10.8 Å². The minimum Gasteiger partial charge on any atom is -0.456 e. The molecule has 0 radical (unpaired) electrons. The first-order valence-electron chi connectivity index (χ1n) is 22.9. The number of aryl methyl sites for hydroxylation is 1. The van der Waals surface area contributed by atoms with Gasteiger partial charge in [-0.25, -0.2) is 9.97 Å². The molecule has 0 N–H and O–H groups in total. The lowest BCUT2D eigenvalue weighted by atomic mass is 9.66. The molecule has 5 aliphatic rings. The van der Waals surface area contributed by atoms with Gasteiger partial charge in [-0.1, -0.05) is 154 Å². The van der Waals surface area contributed by atoms with E-state index >= 15 is 0 Å². The zero-order chi connectivity index (χ0) is 40.1. The molecule has 61 heavy (non-hydrogen) atoms. The van der Waals surface area contributed by atoms with Gasteiger partial charge in [-0.2, -0.15) is 0 Å². The highest BCUT2D eigenvalue weighted by molar-refractivity contribution is 5.97. The smallest absolute Gasteiger partial charge is 0.160 e. The molecule has 0 atom stereocenters. The maximum atomic E-state index is 6.36. The Hall–Kier alpha value is -6.32. The van der Waals surface area contributed by atoms with Gasteiger partial charge in [0.2, 0.25) is 0 Å². The number of fused-ring (bicyclic) bond motifs is 13. The summed E-state index contributed by atoms with van der Waals surface area (Å²) < 4.78 is 6.36. The van der Waals surface area contributed by atoms with Crippen LogP contribution in [0.1, 0.15) is 104 Å². The molecule has 8 aromatic rings. The van der Waals surface area contributed by atoms with Crippen molar-refractivity contribution in [2.45, 2.75) is 87.9 Å². The average Bonchev–Trinajstić information content (AvgIpc) is 3.92. The standard InChI is InChI=1S/C58H48N2O/c1-4-15-39(16-5-1)56-59-51(36-52(60-56)40-27-28-44-43-18-7-9-22-53(43)61-54(44)33-40)38-25-23-37(24-26-38)41-19-14-21-48-55(41)46-35-49-45(34-50(46)58(48)31-12-3-13-32-58)42-17-6-8-20-47(42)57(49)29-10-2-11-30-57/h1,4-6,8-9,14-17,19-28,33-36H,2-3,7,10-13,18,29-32H2. The molecule has 6 aromatic carbocycles. The van der Waals surface area contributed by atoms with E-state index in [1.807, 2.05) is 6.07 Å². The highest BCUT2D eigenvalue weighted by Gasteiger charge is 2.49. The van der Waals surface area contributed by atoms with Gasteiger partial charge >= 0.3 is 0 Å². The topological polar surface area (TPSA) is 38.9 Å². The Morgan fingerprint density at radius 3 is 1.90 bits per heavy atom. The molecule has 2 aromatic heterocycles. The minimum atomic E-state index is 0.0744. The molecule has 0 saturated heterocycles. The van der Waals surface area contributed by atoms with Crippen molar-refractivity contribution in [1.29, 1.82) is 0 Å². The largest absolute Gasteiger partial charge is 0.456 e. The summed E-state index contributed by atoms with van der Waals surface area (Å²) in [4.78, 5) is 10.4. The molecule has 3 heteroatoms. The van der Waals surface area contributed by atoms with Crippen molar-refractivity contribution in [3.05, 3.63) is 173 Å². The lowest BCUT2D eigenvalue weighted by Crippen LogP contribution is -2.29. The summed E-state index contributed by atoms with van der Waals surface area (Å²) in [6.07, 6.45) is 19.2. The highest BCUT2D eigenvalue weighted by atomic mass is 16.3. The fourth-order valence-electron chi connectivity index (χ4n) is 12.5. The first-order chi connectivity index (χ1) is 30.2. The summed E-state index contributed by atoms with van der Waals surface area (Å²) in [5.41, 5.74) is 22.2. The van der Waals surface area contributed by atoms with E-state index in [0.717, 1.165) is 58.1 Å². The fraction of sp³-hybridized carbons (Fsp3) is 0.241. The summed E-state index contributed by atoms with van der Waals surface area (Å²) in [5, 5.41) is 1.20. The SMILES string of the molecule is C1=Cc2oc3cc(-c4cc(-c5ccc(-c6cccc7c6-c6cc8c(cc6C76CCCCC6)-c6ccccc6C86CCCCC6)cc5)nc(-c5ccccc5)n4)ccc3c2CC1. The van der Waals surface area contributed by atoms with Crippen LogP contribution >= 0.6 is 0 Å². The number of rotatable bonds is 4. The molecule has 5 aliphatic carbocycles. The molecule has 2 heterocycles. The van der Waals surface area contributed by atoms with Gasteiger partial charge in [0.15, 0.2) is 5.82 Å². The van der Waals surface area contributed by atoms with E-state index in [1.165, 1.54) is 109 Å². The maximum Gasteiger partial charge on any atom is 0.160 e. The Morgan fingerprint density at radius 2 is 1.10 bits per heavy atom. The lowest BCUT2D eigenvalue weighted by molar-refractivity contribution is 0.350. The normalized spacial score (nSPS) is 17.6. The predicted molar refractivity (Wildman–Crippen MR) is 250 cm³/mol. The second-order valence-corrected chi connectivity index (χ2v) is 18.5. The quantitative estimate of drug-likeness (QED) is 0.178. The van der Waals surface area contributed by atoms with Crippen molar-refractivity contribution >= 4 is 17.0 Å². The molecule has 3 nitrogen and oxygen atoms in total. The van der Waals surface area contributed by atoms with Crippen LogP contribution in [0.25, 0.3) is 84.3 Å². The molecular weight excluding hydrogens is 741 g/mol. The Labute approximate surface area is 358 Å². The van der Waals surface area contributed by atoms with Crippen LogP contribution in [0, 0.1) is 0 Å². The van der Waals surface area contributed by atoms with Gasteiger partial charge in [0.1, 0.15) is 11.3 Å². The molecular formula is C58H48N2O. The first-order valence-corrected chi connectivity index (χ1v) is 22.9. The summed E-state index contributed by atoms with van der Waals surface area (Å²) >= 11 is 0. The predicted octanol–water partition coefficient (Wildman–Crippen LogP) is 15.3. The van der Waals surface area contributed by atoms with Crippen LogP contribution in [0.15, 0.2) is 144 Å². The van der Waals surface area contributed by atoms with E-state index in [9.17, 15) is 0 Å². The monoisotopic (exact) mass is 788 g/mol. The molecule has 2 saturated carbocycles. The van der Waals surface area contributed by atoms with Gasteiger partial charge < -0.3 is 4.42 Å². The number of aromatic nitrogens is 2. The summed E-state index contributed by atoms with van der Waals surface area (Å²) in [7, 11) is 0. The third kappa shape index (κ3) is 5.29. The average molecular weight is 789 g/mol. The molecule has 0 aliphatic heterocycles. The molecule has 13 rings (SSSR count). The number of hydrogen-bond acceptors (Lipinski definition) is 3. The van der Waals surface area contributed by atoms with E-state index in [0.29, 0.717) is 0 Å². The van der Waals surface area contributed by atoms with Crippen LogP contribution in [0.4, 0.5) is 0 Å². The van der Waals surface area contributed by atoms with Crippen molar-refractivity contribution < 1.29 is 4.42 Å². The van der Waals surface area contributed by atoms with E-state index < -0.39 is 0 Å². The van der Waals surface area contributed by atoms with Crippen LogP contribution in [-0.2, 0) is 17.3 Å². The Bertz CT molecular complexity index is 3080. The Morgan fingerprint density at radius 1 is 0.459 bits per heavy atom. The second kappa shape index (κ2) is 13.6. The zero-order valence-electron chi connectivity index (χ0n) is 34.6. The highest BCUT2D eigenvalue weighted by Crippen LogP contribution is 2.63. The Kier molecular flexibility index (Phi) is 7.90. The van der Waals surface area contributed by atoms with Crippen molar-refractivity contribution in [3.63, 3.8) is 0 Å². The lowest BCUT2D eigenvalue weighted by Gasteiger charge is -2.37. The number of furan rings is 1. The van der Waals surface area contributed by atoms with Gasteiger partial charge in [0.05, 0.1) is 11.4 Å². The van der Waals surface area contributed by atoms with Gasteiger partial charge in [-0.15, -0.1) is 0 Å². The van der Waals surface area contributed by atoms with Crippen LogP contribution < -0.4 is 0 Å². The van der Waals surface area contributed by atoms with Crippen LogP contribution in [0.3, 0.4) is 0 Å². The minimum absolute atomic E-state index is 0.0744. The molecule has 296 valence electrons. The third-order valence-electron chi connectivity index (χ3n) is 15.4. The van der Waals surface area contributed by atoms with Crippen molar-refractivity contribution in [1.82, 2.24) is 9.97 Å². The Balaban J connectivity index is 0.935. The van der Waals surface area contributed by atoms with Gasteiger partial charge in [-0.05, 0) is 125 Å². The van der Waals surface area contributed by atoms with Crippen molar-refractivity contribution in [2.24, 2.45) is 0 Å². The van der Waals surface area contributed by atoms with Crippen molar-refractivity contribution in [3.8, 4) is 67.3 Å². The van der Waals surface area contributed by atoms with Crippen molar-refractivity contribution in [2.75, 3.05) is 0 Å². The molecule has 0 amide bonds.